The first-order valence-electron chi connectivity index (χ1n) is 4.43. The van der Waals surface area contributed by atoms with Gasteiger partial charge in [-0.2, -0.15) is 0 Å². The molecule has 0 fully saturated rings. The van der Waals surface area contributed by atoms with Crippen molar-refractivity contribution in [1.29, 1.82) is 0 Å². The summed E-state index contributed by atoms with van der Waals surface area (Å²) < 4.78 is 5.56. The summed E-state index contributed by atoms with van der Waals surface area (Å²) in [6.07, 6.45) is 6.63. The molecule has 0 aromatic rings. The fourth-order valence-electron chi connectivity index (χ4n) is 1.23. The van der Waals surface area contributed by atoms with Crippen LogP contribution < -0.4 is 0 Å². The van der Waals surface area contributed by atoms with E-state index in [2.05, 4.69) is 20.4 Å². The van der Waals surface area contributed by atoms with Gasteiger partial charge in [0.2, 0.25) is 0 Å². The number of rotatable bonds is 6. The van der Waals surface area contributed by atoms with Crippen LogP contribution in [0.4, 0.5) is 0 Å². The second kappa shape index (κ2) is 5.55. The minimum Gasteiger partial charge on any atom is -0.419 e. The molecule has 0 rings (SSSR count). The molecule has 1 atom stereocenters. The molecule has 0 saturated heterocycles. The van der Waals surface area contributed by atoms with Gasteiger partial charge in [0, 0.05) is 0 Å². The van der Waals surface area contributed by atoms with Gasteiger partial charge in [-0.1, -0.05) is 32.8 Å². The zero-order valence-electron chi connectivity index (χ0n) is 8.02. The van der Waals surface area contributed by atoms with Gasteiger partial charge in [-0.3, -0.25) is 0 Å². The zero-order chi connectivity index (χ0) is 8.74. The second-order valence-corrected chi connectivity index (χ2v) is 3.34. The fraction of sp³-hybridized carbons (Fsp3) is 0.778. The van der Waals surface area contributed by atoms with Crippen LogP contribution in [-0.4, -0.2) is 16.1 Å². The first-order chi connectivity index (χ1) is 5.24. The molecule has 1 unspecified atom stereocenters. The first-order valence-corrected chi connectivity index (χ1v) is 5.25. The van der Waals surface area contributed by atoms with E-state index in [0.717, 1.165) is 23.3 Å². The molecule has 0 bridgehead atoms. The lowest BCUT2D eigenvalue weighted by Gasteiger charge is -2.28. The van der Waals surface area contributed by atoms with E-state index in [1.54, 1.807) is 0 Å². The van der Waals surface area contributed by atoms with Gasteiger partial charge in [-0.05, 0) is 12.8 Å². The summed E-state index contributed by atoms with van der Waals surface area (Å²) in [5, 5.41) is 0. The van der Waals surface area contributed by atoms with Gasteiger partial charge >= 0.3 is 0 Å². The third-order valence-corrected chi connectivity index (χ3v) is 3.14. The van der Waals surface area contributed by atoms with E-state index in [-0.39, 0.29) is 5.60 Å². The Bertz CT molecular complexity index is 108. The van der Waals surface area contributed by atoms with Crippen LogP contribution in [0, 0.1) is 0 Å². The molecule has 0 N–H and O–H groups in total. The van der Waals surface area contributed by atoms with E-state index in [1.807, 2.05) is 6.08 Å². The van der Waals surface area contributed by atoms with Crippen LogP contribution in [0.2, 0.25) is 0 Å². The summed E-state index contributed by atoms with van der Waals surface area (Å²) in [7, 11) is 0.811. The Morgan fingerprint density at radius 1 is 1.55 bits per heavy atom. The highest BCUT2D eigenvalue weighted by Crippen LogP contribution is 2.22. The number of hydrogen-bond acceptors (Lipinski definition) is 1. The third-order valence-electron chi connectivity index (χ3n) is 2.33. The lowest BCUT2D eigenvalue weighted by atomic mass is 9.94. The molecule has 0 saturated carbocycles. The molecular weight excluding hydrogens is 152 g/mol. The smallest absolute Gasteiger partial charge is 0.147 e. The lowest BCUT2D eigenvalue weighted by molar-refractivity contribution is 0.116. The van der Waals surface area contributed by atoms with E-state index in [9.17, 15) is 0 Å². The molecule has 1 nitrogen and oxygen atoms in total. The maximum Gasteiger partial charge on any atom is 0.147 e. The molecule has 11 heavy (non-hydrogen) atoms. The minimum absolute atomic E-state index is 0.00221. The van der Waals surface area contributed by atoms with Crippen LogP contribution in [0.15, 0.2) is 12.7 Å². The van der Waals surface area contributed by atoms with Crippen molar-refractivity contribution in [2.45, 2.75) is 45.1 Å². The molecular formula is C9H20OSi. The van der Waals surface area contributed by atoms with Crippen molar-refractivity contribution in [3.05, 3.63) is 12.7 Å². The van der Waals surface area contributed by atoms with Crippen molar-refractivity contribution < 1.29 is 4.43 Å². The van der Waals surface area contributed by atoms with Crippen molar-refractivity contribution in [2.24, 2.45) is 0 Å². The lowest BCUT2D eigenvalue weighted by Crippen LogP contribution is -2.27. The van der Waals surface area contributed by atoms with Gasteiger partial charge < -0.3 is 4.43 Å². The summed E-state index contributed by atoms with van der Waals surface area (Å²) in [6, 6.07) is 0. The van der Waals surface area contributed by atoms with Gasteiger partial charge in [0.05, 0.1) is 5.60 Å². The molecule has 0 heterocycles. The molecule has 2 heteroatoms. The Labute approximate surface area is 73.4 Å². The van der Waals surface area contributed by atoms with E-state index >= 15 is 0 Å². The first kappa shape index (κ1) is 10.9. The summed E-state index contributed by atoms with van der Waals surface area (Å²) in [6.45, 7) is 8.19. The number of unbranched alkanes of at least 4 members (excludes halogenated alkanes) is 1. The van der Waals surface area contributed by atoms with Gasteiger partial charge in [0.1, 0.15) is 10.5 Å². The van der Waals surface area contributed by atoms with Crippen molar-refractivity contribution in [3.63, 3.8) is 0 Å². The van der Waals surface area contributed by atoms with Gasteiger partial charge in [-0.15, -0.1) is 6.58 Å². The SMILES string of the molecule is C=CC(CC)(CCCC)O[SiH3]. The molecule has 66 valence electrons. The molecule has 0 radical (unpaired) electrons. The third kappa shape index (κ3) is 3.21. The van der Waals surface area contributed by atoms with Crippen LogP contribution >= 0.6 is 0 Å². The highest BCUT2D eigenvalue weighted by Gasteiger charge is 2.21. The van der Waals surface area contributed by atoms with Crippen LogP contribution in [0.1, 0.15) is 39.5 Å². The monoisotopic (exact) mass is 172 g/mol. The van der Waals surface area contributed by atoms with Crippen molar-refractivity contribution >= 4 is 10.5 Å². The normalized spacial score (nSPS) is 16.2. The van der Waals surface area contributed by atoms with Crippen LogP contribution in [-0.2, 0) is 4.43 Å². The van der Waals surface area contributed by atoms with Crippen LogP contribution in [0.25, 0.3) is 0 Å². The topological polar surface area (TPSA) is 9.23 Å². The Hall–Kier alpha value is -0.0831. The molecule has 0 aliphatic heterocycles. The predicted molar refractivity (Wildman–Crippen MR) is 53.8 cm³/mol. The summed E-state index contributed by atoms with van der Waals surface area (Å²) >= 11 is 0. The standard InChI is InChI=1S/C9H20OSi/c1-4-7-8-9(5-2,6-3)10-11/h5H,2,4,6-8H2,1,3,11H3. The molecule has 0 aliphatic carbocycles. The largest absolute Gasteiger partial charge is 0.419 e. The fourth-order valence-corrected chi connectivity index (χ4v) is 1.89. The molecule has 0 spiro atoms. The Morgan fingerprint density at radius 2 is 2.18 bits per heavy atom. The van der Waals surface area contributed by atoms with Crippen molar-refractivity contribution in [3.8, 4) is 0 Å². The van der Waals surface area contributed by atoms with Gasteiger partial charge in [0.25, 0.3) is 0 Å². The molecule has 0 aliphatic rings. The Kier molecular flexibility index (Phi) is 5.51. The Balaban J connectivity index is 3.94. The van der Waals surface area contributed by atoms with E-state index in [0.29, 0.717) is 0 Å². The molecule has 0 amide bonds. The van der Waals surface area contributed by atoms with Crippen LogP contribution in [0.5, 0.6) is 0 Å². The average molecular weight is 172 g/mol. The summed E-state index contributed by atoms with van der Waals surface area (Å²) in [4.78, 5) is 0. The zero-order valence-corrected chi connectivity index (χ0v) is 10.0. The van der Waals surface area contributed by atoms with Crippen molar-refractivity contribution in [2.75, 3.05) is 0 Å². The van der Waals surface area contributed by atoms with E-state index in [1.165, 1.54) is 12.8 Å². The molecule has 0 aromatic carbocycles. The van der Waals surface area contributed by atoms with Crippen molar-refractivity contribution in [1.82, 2.24) is 0 Å². The molecule has 0 aromatic heterocycles. The quantitative estimate of drug-likeness (QED) is 0.438. The minimum atomic E-state index is 0.00221. The average Bonchev–Trinajstić information content (AvgIpc) is 2.08. The Morgan fingerprint density at radius 3 is 2.45 bits per heavy atom. The highest BCUT2D eigenvalue weighted by molar-refractivity contribution is 5.98. The highest BCUT2D eigenvalue weighted by atomic mass is 28.2. The number of hydrogen-bond donors (Lipinski definition) is 0. The summed E-state index contributed by atoms with van der Waals surface area (Å²) in [5.74, 6) is 0. The maximum atomic E-state index is 5.56. The predicted octanol–water partition coefficient (Wildman–Crippen LogP) is 1.81. The summed E-state index contributed by atoms with van der Waals surface area (Å²) in [5.41, 5.74) is 0.00221. The van der Waals surface area contributed by atoms with Gasteiger partial charge in [0.15, 0.2) is 0 Å². The van der Waals surface area contributed by atoms with Crippen LogP contribution in [0.3, 0.4) is 0 Å². The van der Waals surface area contributed by atoms with E-state index in [4.69, 9.17) is 4.43 Å². The van der Waals surface area contributed by atoms with Gasteiger partial charge in [-0.25, -0.2) is 0 Å². The maximum absolute atomic E-state index is 5.56. The van der Waals surface area contributed by atoms with E-state index < -0.39 is 0 Å². The second-order valence-electron chi connectivity index (χ2n) is 2.93.